The first kappa shape index (κ1) is 11.3. The van der Waals surface area contributed by atoms with Gasteiger partial charge < -0.3 is 11.1 Å². The van der Waals surface area contributed by atoms with Gasteiger partial charge in [0.15, 0.2) is 0 Å². The van der Waals surface area contributed by atoms with E-state index in [1.807, 2.05) is 24.3 Å². The fraction of sp³-hybridized carbons (Fsp3) is 0.417. The molecule has 4 heteroatoms. The fourth-order valence-electron chi connectivity index (χ4n) is 1.39. The van der Waals surface area contributed by atoms with Crippen molar-refractivity contribution in [3.8, 4) is 0 Å². The minimum Gasteiger partial charge on any atom is -0.398 e. The van der Waals surface area contributed by atoms with E-state index in [9.17, 15) is 4.79 Å². The average molecular weight is 236 g/mol. The smallest absolute Gasteiger partial charge is 0.221 e. The van der Waals surface area contributed by atoms with Crippen molar-refractivity contribution in [1.29, 1.82) is 0 Å². The first-order valence-corrected chi connectivity index (χ1v) is 6.51. The second-order valence-electron chi connectivity index (χ2n) is 3.98. The van der Waals surface area contributed by atoms with E-state index in [2.05, 4.69) is 5.32 Å². The van der Waals surface area contributed by atoms with Crippen LogP contribution in [0.5, 0.6) is 0 Å². The van der Waals surface area contributed by atoms with Crippen molar-refractivity contribution < 1.29 is 4.79 Å². The lowest BCUT2D eigenvalue weighted by molar-refractivity contribution is -0.120. The number of nitrogens with one attached hydrogen (secondary N) is 1. The van der Waals surface area contributed by atoms with Crippen LogP contribution >= 0.6 is 11.8 Å². The Kier molecular flexibility index (Phi) is 3.72. The van der Waals surface area contributed by atoms with Gasteiger partial charge in [-0.2, -0.15) is 0 Å². The molecule has 1 aliphatic rings. The topological polar surface area (TPSA) is 55.1 Å². The summed E-state index contributed by atoms with van der Waals surface area (Å²) >= 11 is 1.64. The molecule has 1 fully saturated rings. The van der Waals surface area contributed by atoms with Gasteiger partial charge in [-0.1, -0.05) is 12.1 Å². The molecule has 0 atom stereocenters. The van der Waals surface area contributed by atoms with Gasteiger partial charge in [0.25, 0.3) is 0 Å². The predicted molar refractivity (Wildman–Crippen MR) is 67.4 cm³/mol. The molecule has 0 spiro atoms. The Morgan fingerprint density at radius 2 is 2.19 bits per heavy atom. The second-order valence-corrected chi connectivity index (χ2v) is 5.11. The quantitative estimate of drug-likeness (QED) is 0.607. The highest BCUT2D eigenvalue weighted by atomic mass is 32.2. The van der Waals surface area contributed by atoms with Crippen LogP contribution in [0.2, 0.25) is 0 Å². The summed E-state index contributed by atoms with van der Waals surface area (Å²) < 4.78 is 0. The van der Waals surface area contributed by atoms with Crippen molar-refractivity contribution in [2.24, 2.45) is 0 Å². The highest BCUT2D eigenvalue weighted by molar-refractivity contribution is 7.99. The third-order valence-electron chi connectivity index (χ3n) is 2.45. The molecule has 2 rings (SSSR count). The summed E-state index contributed by atoms with van der Waals surface area (Å²) in [6.45, 7) is 0. The molecule has 1 saturated carbocycles. The molecule has 16 heavy (non-hydrogen) atoms. The molecule has 0 bridgehead atoms. The number of amides is 1. The Balaban J connectivity index is 1.70. The zero-order valence-corrected chi connectivity index (χ0v) is 9.93. The van der Waals surface area contributed by atoms with Gasteiger partial charge in [0.2, 0.25) is 5.91 Å². The lowest BCUT2D eigenvalue weighted by atomic mass is 10.3. The fourth-order valence-corrected chi connectivity index (χ4v) is 2.31. The van der Waals surface area contributed by atoms with E-state index in [1.165, 1.54) is 0 Å². The average Bonchev–Trinajstić information content (AvgIpc) is 3.05. The Morgan fingerprint density at radius 3 is 2.88 bits per heavy atom. The minimum absolute atomic E-state index is 0.157. The maximum absolute atomic E-state index is 11.4. The largest absolute Gasteiger partial charge is 0.398 e. The summed E-state index contributed by atoms with van der Waals surface area (Å²) in [5.41, 5.74) is 6.59. The number of carbonyl (C=O) groups is 1. The Labute approximate surface area is 99.8 Å². The molecule has 0 radical (unpaired) electrons. The monoisotopic (exact) mass is 236 g/mol. The lowest BCUT2D eigenvalue weighted by Crippen LogP contribution is -2.25. The number of carbonyl (C=O) groups excluding carboxylic acids is 1. The van der Waals surface area contributed by atoms with E-state index < -0.39 is 0 Å². The summed E-state index contributed by atoms with van der Waals surface area (Å²) in [6, 6.07) is 8.20. The van der Waals surface area contributed by atoms with E-state index in [1.54, 1.807) is 11.8 Å². The van der Waals surface area contributed by atoms with Gasteiger partial charge >= 0.3 is 0 Å². The molecule has 86 valence electrons. The zero-order valence-electron chi connectivity index (χ0n) is 9.11. The van der Waals surface area contributed by atoms with E-state index in [-0.39, 0.29) is 5.91 Å². The van der Waals surface area contributed by atoms with Crippen LogP contribution in [-0.2, 0) is 4.79 Å². The number of para-hydroxylation sites is 1. The number of thioether (sulfide) groups is 1. The zero-order chi connectivity index (χ0) is 11.4. The number of rotatable bonds is 5. The summed E-state index contributed by atoms with van der Waals surface area (Å²) in [7, 11) is 0. The highest BCUT2D eigenvalue weighted by Crippen LogP contribution is 2.25. The van der Waals surface area contributed by atoms with Gasteiger partial charge in [-0.05, 0) is 25.0 Å². The van der Waals surface area contributed by atoms with E-state index in [4.69, 9.17) is 5.73 Å². The van der Waals surface area contributed by atoms with Crippen molar-refractivity contribution in [3.05, 3.63) is 24.3 Å². The second kappa shape index (κ2) is 5.25. The number of anilines is 1. The van der Waals surface area contributed by atoms with Crippen LogP contribution in [0.3, 0.4) is 0 Å². The molecule has 1 aromatic rings. The van der Waals surface area contributed by atoms with Crippen molar-refractivity contribution in [2.45, 2.75) is 30.2 Å². The van der Waals surface area contributed by atoms with Gasteiger partial charge in [0.05, 0.1) is 0 Å². The Morgan fingerprint density at radius 1 is 1.44 bits per heavy atom. The van der Waals surface area contributed by atoms with Crippen LogP contribution < -0.4 is 11.1 Å². The Hall–Kier alpha value is -1.16. The molecule has 0 heterocycles. The number of hydrogen-bond acceptors (Lipinski definition) is 3. The van der Waals surface area contributed by atoms with Crippen molar-refractivity contribution in [2.75, 3.05) is 11.5 Å². The van der Waals surface area contributed by atoms with Gasteiger partial charge in [0.1, 0.15) is 0 Å². The third-order valence-corrected chi connectivity index (χ3v) is 3.54. The van der Waals surface area contributed by atoms with Crippen molar-refractivity contribution in [3.63, 3.8) is 0 Å². The third kappa shape index (κ3) is 3.45. The lowest BCUT2D eigenvalue weighted by Gasteiger charge is -2.05. The molecule has 0 saturated heterocycles. The molecular formula is C12H16N2OS. The van der Waals surface area contributed by atoms with Crippen LogP contribution in [-0.4, -0.2) is 17.7 Å². The summed E-state index contributed by atoms with van der Waals surface area (Å²) in [5, 5.41) is 2.97. The molecule has 1 aromatic carbocycles. The number of hydrogen-bond donors (Lipinski definition) is 2. The minimum atomic E-state index is 0.157. The van der Waals surface area contributed by atoms with Gasteiger partial charge in [-0.25, -0.2) is 0 Å². The standard InChI is InChI=1S/C12H16N2OS/c13-10-3-1-2-4-11(10)16-8-7-12(15)14-9-5-6-9/h1-4,9H,5-8,13H2,(H,14,15). The van der Waals surface area contributed by atoms with Crippen LogP contribution in [0.1, 0.15) is 19.3 Å². The molecule has 3 nitrogen and oxygen atoms in total. The van der Waals surface area contributed by atoms with Gasteiger partial charge in [0, 0.05) is 28.8 Å². The van der Waals surface area contributed by atoms with Crippen LogP contribution in [0, 0.1) is 0 Å². The molecule has 1 aliphatic carbocycles. The normalized spacial score (nSPS) is 14.8. The molecule has 0 unspecified atom stereocenters. The first-order chi connectivity index (χ1) is 7.75. The number of nitrogen functional groups attached to an aromatic ring is 1. The summed E-state index contributed by atoms with van der Waals surface area (Å²) in [5.74, 6) is 0.941. The number of nitrogens with two attached hydrogens (primary N) is 1. The van der Waals surface area contributed by atoms with E-state index in [0.717, 1.165) is 29.2 Å². The SMILES string of the molecule is Nc1ccccc1SCCC(=O)NC1CC1. The van der Waals surface area contributed by atoms with Crippen LogP contribution in [0.4, 0.5) is 5.69 Å². The van der Waals surface area contributed by atoms with Gasteiger partial charge in [-0.15, -0.1) is 11.8 Å². The predicted octanol–water partition coefficient (Wildman–Crippen LogP) is 2.03. The van der Waals surface area contributed by atoms with Crippen LogP contribution in [0.25, 0.3) is 0 Å². The van der Waals surface area contributed by atoms with Crippen molar-refractivity contribution in [1.82, 2.24) is 5.32 Å². The maximum atomic E-state index is 11.4. The van der Waals surface area contributed by atoms with E-state index >= 15 is 0 Å². The molecular weight excluding hydrogens is 220 g/mol. The van der Waals surface area contributed by atoms with Crippen molar-refractivity contribution >= 4 is 23.4 Å². The molecule has 0 aromatic heterocycles. The van der Waals surface area contributed by atoms with E-state index in [0.29, 0.717) is 12.5 Å². The Bertz CT molecular complexity index is 377. The maximum Gasteiger partial charge on any atom is 0.221 e. The molecule has 3 N–H and O–H groups in total. The number of benzene rings is 1. The molecule has 0 aliphatic heterocycles. The molecule has 1 amide bonds. The van der Waals surface area contributed by atoms with Gasteiger partial charge in [-0.3, -0.25) is 4.79 Å². The first-order valence-electron chi connectivity index (χ1n) is 5.52. The highest BCUT2D eigenvalue weighted by Gasteiger charge is 2.22. The van der Waals surface area contributed by atoms with Crippen LogP contribution in [0.15, 0.2) is 29.2 Å². The summed E-state index contributed by atoms with van der Waals surface area (Å²) in [4.78, 5) is 12.5. The summed E-state index contributed by atoms with van der Waals surface area (Å²) in [6.07, 6.45) is 2.85.